The highest BCUT2D eigenvalue weighted by atomic mass is 14.6. The van der Waals surface area contributed by atoms with Gasteiger partial charge in [0.25, 0.3) is 0 Å². The number of nitrogens with zero attached hydrogens (tertiary/aromatic N) is 1. The van der Waals surface area contributed by atoms with Gasteiger partial charge in [0.15, 0.2) is 0 Å². The van der Waals surface area contributed by atoms with E-state index in [1.807, 2.05) is 24.5 Å². The lowest BCUT2D eigenvalue weighted by molar-refractivity contribution is 0.472. The zero-order chi connectivity index (χ0) is 8.32. The summed E-state index contributed by atoms with van der Waals surface area (Å²) in [6.07, 6.45) is 4.65. The van der Waals surface area contributed by atoms with Crippen molar-refractivity contribution in [1.82, 2.24) is 4.98 Å². The quantitative estimate of drug-likeness (QED) is 0.628. The summed E-state index contributed by atoms with van der Waals surface area (Å²) in [5, 5.41) is 0. The van der Waals surface area contributed by atoms with Crippen LogP contribution < -0.4 is 0 Å². The molecular weight excluding hydrogens is 134 g/mol. The lowest BCUT2D eigenvalue weighted by atomic mass is 9.89. The molecule has 0 aliphatic rings. The average Bonchev–Trinajstić information content (AvgIpc) is 1.85. The molecule has 59 valence electrons. The second-order valence-electron chi connectivity index (χ2n) is 3.70. The first-order valence-corrected chi connectivity index (χ1v) is 3.82. The van der Waals surface area contributed by atoms with Gasteiger partial charge in [0.1, 0.15) is 0 Å². The molecule has 1 heteroatoms. The largest absolute Gasteiger partial charge is 0.265 e. The highest BCUT2D eigenvalue weighted by molar-refractivity contribution is 5.11. The lowest BCUT2D eigenvalue weighted by Crippen LogP contribution is -2.09. The SMILES string of the molecule is [CH2]C(C)(C)Cc1ccncc1. The topological polar surface area (TPSA) is 12.9 Å². The summed E-state index contributed by atoms with van der Waals surface area (Å²) in [5.41, 5.74) is 1.43. The number of pyridine rings is 1. The Labute approximate surface area is 68.5 Å². The lowest BCUT2D eigenvalue weighted by Gasteiger charge is -2.17. The maximum atomic E-state index is 4.05. The fourth-order valence-corrected chi connectivity index (χ4v) is 1.05. The minimum absolute atomic E-state index is 0.126. The van der Waals surface area contributed by atoms with Crippen LogP contribution >= 0.6 is 0 Å². The maximum Gasteiger partial charge on any atom is 0.0270 e. The van der Waals surface area contributed by atoms with Crippen LogP contribution in [-0.4, -0.2) is 4.98 Å². The third-order valence-corrected chi connectivity index (χ3v) is 1.43. The second-order valence-corrected chi connectivity index (χ2v) is 3.70. The van der Waals surface area contributed by atoms with E-state index in [0.717, 1.165) is 6.42 Å². The van der Waals surface area contributed by atoms with Gasteiger partial charge in [0, 0.05) is 12.4 Å². The van der Waals surface area contributed by atoms with Crippen LogP contribution in [0.5, 0.6) is 0 Å². The van der Waals surface area contributed by atoms with Gasteiger partial charge < -0.3 is 0 Å². The molecule has 1 nitrogen and oxygen atoms in total. The van der Waals surface area contributed by atoms with E-state index in [9.17, 15) is 0 Å². The monoisotopic (exact) mass is 148 g/mol. The van der Waals surface area contributed by atoms with E-state index in [4.69, 9.17) is 0 Å². The molecule has 0 saturated carbocycles. The molecule has 0 saturated heterocycles. The van der Waals surface area contributed by atoms with Crippen molar-refractivity contribution >= 4 is 0 Å². The highest BCUT2D eigenvalue weighted by Crippen LogP contribution is 2.18. The summed E-state index contributed by atoms with van der Waals surface area (Å²) in [6.45, 7) is 8.31. The van der Waals surface area contributed by atoms with Crippen LogP contribution in [0.15, 0.2) is 24.5 Å². The summed E-state index contributed by atoms with van der Waals surface area (Å²) in [5.74, 6) is 0. The van der Waals surface area contributed by atoms with Crippen LogP contribution in [0, 0.1) is 12.3 Å². The van der Waals surface area contributed by atoms with Gasteiger partial charge in [0.05, 0.1) is 0 Å². The Morgan fingerprint density at radius 2 is 1.91 bits per heavy atom. The van der Waals surface area contributed by atoms with Crippen LogP contribution in [0.25, 0.3) is 0 Å². The van der Waals surface area contributed by atoms with Crippen molar-refractivity contribution in [2.45, 2.75) is 20.3 Å². The van der Waals surface area contributed by atoms with E-state index in [1.165, 1.54) is 5.56 Å². The molecule has 11 heavy (non-hydrogen) atoms. The molecule has 1 heterocycles. The summed E-state index contributed by atoms with van der Waals surface area (Å²) < 4.78 is 0. The van der Waals surface area contributed by atoms with Crippen molar-refractivity contribution in [3.05, 3.63) is 37.0 Å². The number of hydrogen-bond acceptors (Lipinski definition) is 1. The van der Waals surface area contributed by atoms with E-state index in [-0.39, 0.29) is 5.41 Å². The Bertz CT molecular complexity index is 208. The molecule has 0 N–H and O–H groups in total. The average molecular weight is 148 g/mol. The van der Waals surface area contributed by atoms with Gasteiger partial charge in [-0.15, -0.1) is 0 Å². The Balaban J connectivity index is 2.66. The molecule has 0 atom stereocenters. The maximum absolute atomic E-state index is 4.05. The molecule has 1 aromatic heterocycles. The summed E-state index contributed by atoms with van der Waals surface area (Å²) >= 11 is 0. The van der Waals surface area contributed by atoms with Gasteiger partial charge in [0.2, 0.25) is 0 Å². The molecule has 0 amide bonds. The third kappa shape index (κ3) is 3.17. The predicted molar refractivity (Wildman–Crippen MR) is 47.1 cm³/mol. The Morgan fingerprint density at radius 3 is 2.36 bits per heavy atom. The molecular formula is C10H14N. The minimum atomic E-state index is 0.126. The van der Waals surface area contributed by atoms with Gasteiger partial charge in [-0.1, -0.05) is 13.8 Å². The number of aromatic nitrogens is 1. The Kier molecular flexibility index (Phi) is 2.28. The molecule has 0 aliphatic carbocycles. The summed E-state index contributed by atoms with van der Waals surface area (Å²) in [7, 11) is 0. The van der Waals surface area contributed by atoms with Crippen molar-refractivity contribution in [2.24, 2.45) is 5.41 Å². The van der Waals surface area contributed by atoms with E-state index in [0.29, 0.717) is 0 Å². The molecule has 0 aromatic carbocycles. The Hall–Kier alpha value is -0.850. The standard InChI is InChI=1S/C10H14N/c1-10(2,3)8-9-4-6-11-7-5-9/h4-7H,1,8H2,2-3H3. The van der Waals surface area contributed by atoms with E-state index >= 15 is 0 Å². The second kappa shape index (κ2) is 3.04. The van der Waals surface area contributed by atoms with Crippen molar-refractivity contribution < 1.29 is 0 Å². The van der Waals surface area contributed by atoms with Gasteiger partial charge >= 0.3 is 0 Å². The molecule has 1 radical (unpaired) electrons. The normalized spacial score (nSPS) is 11.5. The van der Waals surface area contributed by atoms with Crippen molar-refractivity contribution in [1.29, 1.82) is 0 Å². The third-order valence-electron chi connectivity index (χ3n) is 1.43. The number of rotatable bonds is 2. The van der Waals surface area contributed by atoms with E-state index < -0.39 is 0 Å². The van der Waals surface area contributed by atoms with Gasteiger partial charge in [-0.05, 0) is 36.5 Å². The van der Waals surface area contributed by atoms with E-state index in [2.05, 4.69) is 25.8 Å². The fraction of sp³-hybridized carbons (Fsp3) is 0.400. The van der Waals surface area contributed by atoms with Gasteiger partial charge in [-0.2, -0.15) is 0 Å². The molecule has 0 aliphatic heterocycles. The Morgan fingerprint density at radius 1 is 1.36 bits per heavy atom. The van der Waals surface area contributed by atoms with Crippen LogP contribution in [-0.2, 0) is 6.42 Å². The zero-order valence-corrected chi connectivity index (χ0v) is 7.17. The fourth-order valence-electron chi connectivity index (χ4n) is 1.05. The van der Waals surface area contributed by atoms with Crippen LogP contribution in [0.3, 0.4) is 0 Å². The molecule has 0 spiro atoms. The molecule has 1 rings (SSSR count). The molecule has 1 aromatic rings. The summed E-state index contributed by atoms with van der Waals surface area (Å²) in [4.78, 5) is 3.95. The van der Waals surface area contributed by atoms with Gasteiger partial charge in [-0.25, -0.2) is 0 Å². The van der Waals surface area contributed by atoms with Crippen molar-refractivity contribution in [3.63, 3.8) is 0 Å². The molecule has 0 unspecified atom stereocenters. The van der Waals surface area contributed by atoms with E-state index in [1.54, 1.807) is 0 Å². The first-order valence-electron chi connectivity index (χ1n) is 3.82. The van der Waals surface area contributed by atoms with Gasteiger partial charge in [-0.3, -0.25) is 4.98 Å². The first-order chi connectivity index (χ1) is 5.08. The van der Waals surface area contributed by atoms with Crippen molar-refractivity contribution in [2.75, 3.05) is 0 Å². The molecule has 0 bridgehead atoms. The van der Waals surface area contributed by atoms with Crippen LogP contribution in [0.4, 0.5) is 0 Å². The minimum Gasteiger partial charge on any atom is -0.265 e. The summed E-state index contributed by atoms with van der Waals surface area (Å²) in [6, 6.07) is 4.07. The first kappa shape index (κ1) is 8.25. The van der Waals surface area contributed by atoms with Crippen molar-refractivity contribution in [3.8, 4) is 0 Å². The molecule has 0 fully saturated rings. The number of hydrogen-bond donors (Lipinski definition) is 0. The predicted octanol–water partition coefficient (Wildman–Crippen LogP) is 2.48. The van der Waals surface area contributed by atoms with Crippen LogP contribution in [0.1, 0.15) is 19.4 Å². The zero-order valence-electron chi connectivity index (χ0n) is 7.17. The highest BCUT2D eigenvalue weighted by Gasteiger charge is 2.10. The smallest absolute Gasteiger partial charge is 0.0270 e. The van der Waals surface area contributed by atoms with Crippen LogP contribution in [0.2, 0.25) is 0 Å².